The third-order valence-electron chi connectivity index (χ3n) is 8.45. The standard InChI is InChI=1S/C28H34N4O3/c1-16(2)19-7-5-17(3)11-25(19)35-28(33)32-13-22(29-15-32)27-21-14-34-24-8-6-18(12-20(24)26(21)27)23-9-10-30-31(23)4/h6,8-10,12-13,15-17,19,21,25-27H,5,7,11,14H2,1-4H3/t17-,19+,21+,25-,26-,27?/m1/s1. The molecule has 2 fully saturated rings. The lowest BCUT2D eigenvalue weighted by molar-refractivity contribution is 0.00672. The number of hydrogen-bond acceptors (Lipinski definition) is 5. The number of fused-ring (bicyclic) bond motifs is 3. The van der Waals surface area contributed by atoms with Crippen molar-refractivity contribution in [2.45, 2.75) is 58.0 Å². The van der Waals surface area contributed by atoms with Crippen LogP contribution in [0.2, 0.25) is 0 Å². The van der Waals surface area contributed by atoms with Gasteiger partial charge in [0.2, 0.25) is 0 Å². The molecule has 3 aromatic rings. The number of ether oxygens (including phenoxy) is 2. The lowest BCUT2D eigenvalue weighted by Gasteiger charge is -2.36. The molecule has 2 aliphatic carbocycles. The van der Waals surface area contributed by atoms with Gasteiger partial charge in [-0.15, -0.1) is 0 Å². The predicted molar refractivity (Wildman–Crippen MR) is 132 cm³/mol. The lowest BCUT2D eigenvalue weighted by atomic mass is 9.75. The van der Waals surface area contributed by atoms with E-state index >= 15 is 0 Å². The molecular weight excluding hydrogens is 440 g/mol. The van der Waals surface area contributed by atoms with E-state index in [2.05, 4.69) is 49.1 Å². The predicted octanol–water partition coefficient (Wildman–Crippen LogP) is 5.62. The zero-order chi connectivity index (χ0) is 24.3. The monoisotopic (exact) mass is 474 g/mol. The molecule has 6 rings (SSSR count). The minimum absolute atomic E-state index is 0.0219. The first-order valence-electron chi connectivity index (χ1n) is 12.9. The second kappa shape index (κ2) is 8.54. The van der Waals surface area contributed by atoms with Gasteiger partial charge in [0, 0.05) is 42.8 Å². The summed E-state index contributed by atoms with van der Waals surface area (Å²) in [4.78, 5) is 17.7. The van der Waals surface area contributed by atoms with Crippen LogP contribution in [-0.4, -0.2) is 38.1 Å². The van der Waals surface area contributed by atoms with Gasteiger partial charge >= 0.3 is 6.09 Å². The van der Waals surface area contributed by atoms with Crippen molar-refractivity contribution in [1.82, 2.24) is 19.3 Å². The first-order valence-corrected chi connectivity index (χ1v) is 12.9. The SMILES string of the molecule is CC(C)[C@@H]1CC[C@@H](C)C[C@H]1OC(=O)n1cnc(C2[C@H]3COc4ccc(-c5ccnn5C)cc4[C@@H]23)c1. The number of nitrogens with zero attached hydrogens (tertiary/aromatic N) is 4. The van der Waals surface area contributed by atoms with E-state index in [1.807, 2.05) is 30.2 Å². The van der Waals surface area contributed by atoms with Crippen molar-refractivity contribution in [3.05, 3.63) is 54.2 Å². The zero-order valence-electron chi connectivity index (χ0n) is 20.9. The number of carbonyl (C=O) groups is 1. The molecule has 35 heavy (non-hydrogen) atoms. The van der Waals surface area contributed by atoms with Crippen molar-refractivity contribution >= 4 is 6.09 Å². The fourth-order valence-corrected chi connectivity index (χ4v) is 6.40. The summed E-state index contributed by atoms with van der Waals surface area (Å²) in [5, 5.41) is 4.31. The van der Waals surface area contributed by atoms with Gasteiger partial charge in [0.25, 0.3) is 0 Å². The van der Waals surface area contributed by atoms with Gasteiger partial charge in [-0.1, -0.05) is 27.2 Å². The summed E-state index contributed by atoms with van der Waals surface area (Å²) in [5.74, 6) is 3.46. The summed E-state index contributed by atoms with van der Waals surface area (Å²) in [6.45, 7) is 7.39. The number of aromatic nitrogens is 4. The van der Waals surface area contributed by atoms with Gasteiger partial charge in [0.15, 0.2) is 0 Å². The number of aryl methyl sites for hydroxylation is 1. The molecule has 3 heterocycles. The van der Waals surface area contributed by atoms with Gasteiger partial charge in [0.1, 0.15) is 18.2 Å². The van der Waals surface area contributed by atoms with E-state index in [0.29, 0.717) is 36.2 Å². The fraction of sp³-hybridized carbons (Fsp3) is 0.536. The molecule has 1 aliphatic heterocycles. The van der Waals surface area contributed by atoms with Crippen molar-refractivity contribution in [1.29, 1.82) is 0 Å². The van der Waals surface area contributed by atoms with Crippen molar-refractivity contribution < 1.29 is 14.3 Å². The smallest absolute Gasteiger partial charge is 0.419 e. The molecule has 1 unspecified atom stereocenters. The lowest BCUT2D eigenvalue weighted by Crippen LogP contribution is -2.36. The van der Waals surface area contributed by atoms with E-state index < -0.39 is 0 Å². The Morgan fingerprint density at radius 3 is 2.83 bits per heavy atom. The van der Waals surface area contributed by atoms with Crippen LogP contribution in [-0.2, 0) is 11.8 Å². The molecule has 0 radical (unpaired) electrons. The molecule has 0 N–H and O–H groups in total. The quantitative estimate of drug-likeness (QED) is 0.491. The Balaban J connectivity index is 1.19. The number of rotatable bonds is 4. The normalized spacial score (nSPS) is 29.3. The van der Waals surface area contributed by atoms with Crippen LogP contribution in [0.15, 0.2) is 43.0 Å². The fourth-order valence-electron chi connectivity index (χ4n) is 6.40. The molecular formula is C28H34N4O3. The van der Waals surface area contributed by atoms with Crippen LogP contribution in [0.1, 0.15) is 63.1 Å². The van der Waals surface area contributed by atoms with Crippen LogP contribution < -0.4 is 4.74 Å². The zero-order valence-corrected chi connectivity index (χ0v) is 20.9. The Labute approximate surface area is 206 Å². The Kier molecular flexibility index (Phi) is 5.46. The van der Waals surface area contributed by atoms with Gasteiger partial charge in [-0.2, -0.15) is 5.10 Å². The molecule has 0 spiro atoms. The molecule has 184 valence electrons. The Morgan fingerprint density at radius 2 is 2.06 bits per heavy atom. The second-order valence-electron chi connectivity index (χ2n) is 11.1. The number of imidazole rings is 1. The molecule has 0 bridgehead atoms. The van der Waals surface area contributed by atoms with E-state index in [0.717, 1.165) is 35.5 Å². The third kappa shape index (κ3) is 3.95. The first kappa shape index (κ1) is 22.4. The Hall–Kier alpha value is -3.09. The molecule has 3 aliphatic rings. The molecule has 2 aromatic heterocycles. The topological polar surface area (TPSA) is 71.2 Å². The molecule has 0 saturated heterocycles. The average Bonchev–Trinajstić information content (AvgIpc) is 3.13. The van der Waals surface area contributed by atoms with Gasteiger partial charge in [-0.25, -0.2) is 14.3 Å². The Bertz CT molecular complexity index is 1240. The van der Waals surface area contributed by atoms with E-state index in [4.69, 9.17) is 9.47 Å². The van der Waals surface area contributed by atoms with Crippen LogP contribution in [0.4, 0.5) is 4.79 Å². The number of benzene rings is 1. The van der Waals surface area contributed by atoms with Crippen LogP contribution >= 0.6 is 0 Å². The number of carbonyl (C=O) groups excluding carboxylic acids is 1. The molecule has 0 amide bonds. The maximum atomic E-state index is 13.0. The molecule has 6 atom stereocenters. The van der Waals surface area contributed by atoms with E-state index in [1.165, 1.54) is 16.6 Å². The summed E-state index contributed by atoms with van der Waals surface area (Å²) in [5.41, 5.74) is 4.37. The maximum absolute atomic E-state index is 13.0. The minimum atomic E-state index is -0.313. The highest BCUT2D eigenvalue weighted by atomic mass is 16.6. The van der Waals surface area contributed by atoms with E-state index in [-0.39, 0.29) is 18.1 Å². The van der Waals surface area contributed by atoms with Gasteiger partial charge < -0.3 is 9.47 Å². The first-order chi connectivity index (χ1) is 16.9. The highest BCUT2D eigenvalue weighted by Crippen LogP contribution is 2.64. The molecule has 7 heteroatoms. The highest BCUT2D eigenvalue weighted by molar-refractivity contribution is 5.71. The van der Waals surface area contributed by atoms with Crippen LogP contribution in [0, 0.1) is 23.7 Å². The van der Waals surface area contributed by atoms with E-state index in [1.54, 1.807) is 6.33 Å². The summed E-state index contributed by atoms with van der Waals surface area (Å²) in [6.07, 6.45) is 8.24. The van der Waals surface area contributed by atoms with Crippen molar-refractivity contribution in [3.8, 4) is 17.0 Å². The third-order valence-corrected chi connectivity index (χ3v) is 8.45. The maximum Gasteiger partial charge on any atom is 0.419 e. The Morgan fingerprint density at radius 1 is 1.20 bits per heavy atom. The molecule has 2 saturated carbocycles. The van der Waals surface area contributed by atoms with Crippen molar-refractivity contribution in [3.63, 3.8) is 0 Å². The summed E-state index contributed by atoms with van der Waals surface area (Å²) < 4.78 is 15.5. The van der Waals surface area contributed by atoms with Crippen molar-refractivity contribution in [2.75, 3.05) is 6.61 Å². The summed E-state index contributed by atoms with van der Waals surface area (Å²) >= 11 is 0. The van der Waals surface area contributed by atoms with Gasteiger partial charge in [0.05, 0.1) is 18.0 Å². The summed E-state index contributed by atoms with van der Waals surface area (Å²) in [7, 11) is 1.96. The van der Waals surface area contributed by atoms with Crippen LogP contribution in [0.5, 0.6) is 5.75 Å². The van der Waals surface area contributed by atoms with Crippen LogP contribution in [0.25, 0.3) is 11.3 Å². The molecule has 1 aromatic carbocycles. The minimum Gasteiger partial charge on any atom is -0.493 e. The van der Waals surface area contributed by atoms with Gasteiger partial charge in [-0.05, 0) is 60.4 Å². The van der Waals surface area contributed by atoms with E-state index in [9.17, 15) is 4.79 Å². The average molecular weight is 475 g/mol. The summed E-state index contributed by atoms with van der Waals surface area (Å²) in [6, 6.07) is 8.41. The second-order valence-corrected chi connectivity index (χ2v) is 11.1. The van der Waals surface area contributed by atoms with Crippen LogP contribution in [0.3, 0.4) is 0 Å². The van der Waals surface area contributed by atoms with Crippen molar-refractivity contribution in [2.24, 2.45) is 30.7 Å². The molecule has 7 nitrogen and oxygen atoms in total. The highest BCUT2D eigenvalue weighted by Gasteiger charge is 2.56. The number of hydrogen-bond donors (Lipinski definition) is 0. The van der Waals surface area contributed by atoms with Gasteiger partial charge in [-0.3, -0.25) is 4.68 Å². The largest absolute Gasteiger partial charge is 0.493 e.